The van der Waals surface area contributed by atoms with Gasteiger partial charge in [-0.2, -0.15) is 0 Å². The highest BCUT2D eigenvalue weighted by Crippen LogP contribution is 2.46. The van der Waals surface area contributed by atoms with Crippen molar-refractivity contribution in [1.82, 2.24) is 4.90 Å². The van der Waals surface area contributed by atoms with Crippen LogP contribution in [0.15, 0.2) is 0 Å². The molecular formula is C11H21NO3S. The molecule has 0 bridgehead atoms. The van der Waals surface area contributed by atoms with Crippen LogP contribution in [0.5, 0.6) is 0 Å². The second-order valence-corrected chi connectivity index (χ2v) is 6.61. The van der Waals surface area contributed by atoms with Crippen LogP contribution in [-0.2, 0) is 4.74 Å². The summed E-state index contributed by atoms with van der Waals surface area (Å²) in [7, 11) is 0. The molecule has 5 heteroatoms. The zero-order valence-electron chi connectivity index (χ0n) is 10.6. The molecule has 0 radical (unpaired) electrons. The average molecular weight is 247 g/mol. The van der Waals surface area contributed by atoms with E-state index in [4.69, 9.17) is 4.74 Å². The average Bonchev–Trinajstić information content (AvgIpc) is 2.39. The molecule has 0 spiro atoms. The Hall–Kier alpha value is -0.420. The summed E-state index contributed by atoms with van der Waals surface area (Å²) in [6.07, 6.45) is -1.21. The van der Waals surface area contributed by atoms with Gasteiger partial charge in [0.1, 0.15) is 6.23 Å². The first kappa shape index (κ1) is 13.6. The summed E-state index contributed by atoms with van der Waals surface area (Å²) in [5, 5.41) is 10.1. The monoisotopic (exact) mass is 247 g/mol. The Bertz CT molecular complexity index is 268. The maximum Gasteiger partial charge on any atom is 0.412 e. The maximum atomic E-state index is 11.8. The van der Waals surface area contributed by atoms with Gasteiger partial charge in [-0.05, 0) is 26.7 Å². The smallest absolute Gasteiger partial charge is 0.412 e. The molecule has 0 aromatic heterocycles. The van der Waals surface area contributed by atoms with Gasteiger partial charge in [-0.3, -0.25) is 4.90 Å². The van der Waals surface area contributed by atoms with Crippen LogP contribution in [0.2, 0.25) is 0 Å². The van der Waals surface area contributed by atoms with Crippen molar-refractivity contribution in [2.75, 3.05) is 6.61 Å². The minimum atomic E-state index is -0.788. The molecule has 1 heterocycles. The number of hydrogen-bond donors (Lipinski definition) is 1. The van der Waals surface area contributed by atoms with E-state index in [2.05, 4.69) is 0 Å². The van der Waals surface area contributed by atoms with Crippen molar-refractivity contribution in [1.29, 1.82) is 0 Å². The molecule has 2 unspecified atom stereocenters. The van der Waals surface area contributed by atoms with E-state index in [1.165, 1.54) is 4.90 Å². The van der Waals surface area contributed by atoms with Crippen LogP contribution in [0.1, 0.15) is 34.6 Å². The SMILES string of the molecule is CCOC(=O)N1C(C(C)C)SC(C)(C)C1O. The van der Waals surface area contributed by atoms with Crippen LogP contribution in [0.3, 0.4) is 0 Å². The zero-order valence-corrected chi connectivity index (χ0v) is 11.4. The molecule has 1 rings (SSSR count). The molecule has 1 amide bonds. The van der Waals surface area contributed by atoms with Gasteiger partial charge in [0.15, 0.2) is 0 Å². The summed E-state index contributed by atoms with van der Waals surface area (Å²) in [4.78, 5) is 13.2. The fourth-order valence-electron chi connectivity index (χ4n) is 1.76. The Labute approximate surface area is 101 Å². The maximum absolute atomic E-state index is 11.8. The Kier molecular flexibility index (Phi) is 4.12. The van der Waals surface area contributed by atoms with Crippen molar-refractivity contribution < 1.29 is 14.6 Å². The first-order chi connectivity index (χ1) is 7.31. The van der Waals surface area contributed by atoms with Crippen molar-refractivity contribution >= 4 is 17.9 Å². The fraction of sp³-hybridized carbons (Fsp3) is 0.909. The van der Waals surface area contributed by atoms with Gasteiger partial charge in [0, 0.05) is 0 Å². The second-order valence-electron chi connectivity index (χ2n) is 4.84. The van der Waals surface area contributed by atoms with E-state index < -0.39 is 12.3 Å². The van der Waals surface area contributed by atoms with E-state index in [1.54, 1.807) is 18.7 Å². The van der Waals surface area contributed by atoms with E-state index in [0.29, 0.717) is 6.61 Å². The molecule has 1 N–H and O–H groups in total. The number of ether oxygens (including phenoxy) is 1. The number of carbonyl (C=O) groups is 1. The summed E-state index contributed by atoms with van der Waals surface area (Å²) >= 11 is 1.62. The van der Waals surface area contributed by atoms with Crippen molar-refractivity contribution in [2.24, 2.45) is 5.92 Å². The molecule has 1 fully saturated rings. The van der Waals surface area contributed by atoms with Crippen molar-refractivity contribution in [3.63, 3.8) is 0 Å². The van der Waals surface area contributed by atoms with Crippen LogP contribution in [-0.4, -0.2) is 39.1 Å². The van der Waals surface area contributed by atoms with Gasteiger partial charge < -0.3 is 9.84 Å². The van der Waals surface area contributed by atoms with E-state index >= 15 is 0 Å². The molecule has 4 nitrogen and oxygen atoms in total. The molecule has 0 saturated carbocycles. The molecule has 0 aliphatic carbocycles. The predicted octanol–water partition coefficient (Wildman–Crippen LogP) is 2.27. The first-order valence-corrected chi connectivity index (χ1v) is 6.50. The van der Waals surface area contributed by atoms with E-state index in [0.717, 1.165) is 0 Å². The van der Waals surface area contributed by atoms with Gasteiger partial charge in [-0.15, -0.1) is 11.8 Å². The number of carbonyl (C=O) groups excluding carboxylic acids is 1. The van der Waals surface area contributed by atoms with Crippen molar-refractivity contribution in [3.05, 3.63) is 0 Å². The number of hydrogen-bond acceptors (Lipinski definition) is 4. The fourth-order valence-corrected chi connectivity index (χ4v) is 3.21. The highest BCUT2D eigenvalue weighted by Gasteiger charge is 2.50. The van der Waals surface area contributed by atoms with Gasteiger partial charge in [-0.25, -0.2) is 4.79 Å². The lowest BCUT2D eigenvalue weighted by Gasteiger charge is -2.29. The van der Waals surface area contributed by atoms with E-state index in [1.807, 2.05) is 27.7 Å². The van der Waals surface area contributed by atoms with Crippen LogP contribution in [0.25, 0.3) is 0 Å². The minimum absolute atomic E-state index is 0.0240. The molecule has 1 saturated heterocycles. The standard InChI is InChI=1S/C11H21NO3S/c1-6-15-10(14)12-8(7(2)3)16-11(4,5)9(12)13/h7-9,13H,6H2,1-5H3. The van der Waals surface area contributed by atoms with Gasteiger partial charge in [0.25, 0.3) is 0 Å². The topological polar surface area (TPSA) is 49.8 Å². The van der Waals surface area contributed by atoms with Crippen LogP contribution < -0.4 is 0 Å². The number of thioether (sulfide) groups is 1. The van der Waals surface area contributed by atoms with Gasteiger partial charge in [-0.1, -0.05) is 13.8 Å². The van der Waals surface area contributed by atoms with Crippen LogP contribution in [0, 0.1) is 5.92 Å². The number of nitrogens with zero attached hydrogens (tertiary/aromatic N) is 1. The molecular weight excluding hydrogens is 226 g/mol. The lowest BCUT2D eigenvalue weighted by molar-refractivity contribution is -0.0149. The number of aliphatic hydroxyl groups is 1. The first-order valence-electron chi connectivity index (χ1n) is 5.62. The highest BCUT2D eigenvalue weighted by molar-refractivity contribution is 8.01. The van der Waals surface area contributed by atoms with Gasteiger partial charge in [0.05, 0.1) is 16.7 Å². The van der Waals surface area contributed by atoms with Gasteiger partial charge >= 0.3 is 6.09 Å². The third-order valence-electron chi connectivity index (χ3n) is 2.63. The minimum Gasteiger partial charge on any atom is -0.450 e. The number of amides is 1. The molecule has 94 valence electrons. The van der Waals surface area contributed by atoms with E-state index in [9.17, 15) is 9.90 Å². The summed E-state index contributed by atoms with van der Waals surface area (Å²) in [6.45, 7) is 10.1. The third-order valence-corrected chi connectivity index (χ3v) is 4.46. The molecule has 0 aromatic rings. The van der Waals surface area contributed by atoms with Crippen LogP contribution in [0.4, 0.5) is 4.79 Å². The zero-order chi connectivity index (χ0) is 12.5. The Balaban J connectivity index is 2.89. The largest absolute Gasteiger partial charge is 0.450 e. The third kappa shape index (κ3) is 2.46. The molecule has 2 atom stereocenters. The summed E-state index contributed by atoms with van der Waals surface area (Å²) < 4.78 is 4.64. The van der Waals surface area contributed by atoms with Crippen molar-refractivity contribution in [2.45, 2.75) is 51.0 Å². The van der Waals surface area contributed by atoms with Gasteiger partial charge in [0.2, 0.25) is 0 Å². The highest BCUT2D eigenvalue weighted by atomic mass is 32.2. The Morgan fingerprint density at radius 3 is 2.56 bits per heavy atom. The molecule has 16 heavy (non-hydrogen) atoms. The molecule has 1 aliphatic rings. The van der Waals surface area contributed by atoms with E-state index in [-0.39, 0.29) is 16.0 Å². The summed E-state index contributed by atoms with van der Waals surface area (Å²) in [6, 6.07) is 0. The van der Waals surface area contributed by atoms with Crippen molar-refractivity contribution in [3.8, 4) is 0 Å². The Morgan fingerprint density at radius 2 is 2.12 bits per heavy atom. The lowest BCUT2D eigenvalue weighted by atomic mass is 10.1. The quantitative estimate of drug-likeness (QED) is 0.813. The summed E-state index contributed by atoms with van der Waals surface area (Å²) in [5.74, 6) is 0.283. The molecule has 1 aliphatic heterocycles. The number of aliphatic hydroxyl groups excluding tert-OH is 1. The number of rotatable bonds is 2. The van der Waals surface area contributed by atoms with Crippen LogP contribution >= 0.6 is 11.8 Å². The predicted molar refractivity (Wildman–Crippen MR) is 65.2 cm³/mol. The Morgan fingerprint density at radius 1 is 1.56 bits per heavy atom. The second kappa shape index (κ2) is 4.84. The summed E-state index contributed by atoms with van der Waals surface area (Å²) in [5.41, 5.74) is 0. The lowest BCUT2D eigenvalue weighted by Crippen LogP contribution is -2.47. The molecule has 0 aromatic carbocycles. The normalized spacial score (nSPS) is 28.6.